The van der Waals surface area contributed by atoms with Gasteiger partial charge in [-0.05, 0) is 35.4 Å². The van der Waals surface area contributed by atoms with E-state index in [1.165, 1.54) is 12.1 Å². The fraction of sp³-hybridized carbons (Fsp3) is 0.0588. The van der Waals surface area contributed by atoms with Crippen LogP contribution in [0.5, 0.6) is 5.75 Å². The number of hydrogen-bond donors (Lipinski definition) is 2. The molecule has 5 heteroatoms. The maximum atomic E-state index is 11.5. The second-order valence-electron chi connectivity index (χ2n) is 4.46. The van der Waals surface area contributed by atoms with Crippen molar-refractivity contribution in [2.24, 2.45) is 0 Å². The summed E-state index contributed by atoms with van der Waals surface area (Å²) in [5.41, 5.74) is 0.708. The first kappa shape index (κ1) is 15.3. The van der Waals surface area contributed by atoms with Crippen LogP contribution in [-0.2, 0) is 0 Å². The van der Waals surface area contributed by atoms with Gasteiger partial charge in [0, 0.05) is 0 Å². The Kier molecular flexibility index (Phi) is 4.58. The third-order valence-corrected chi connectivity index (χ3v) is 3.04. The first-order chi connectivity index (χ1) is 10.5. The third kappa shape index (κ3) is 3.15. The van der Waals surface area contributed by atoms with Gasteiger partial charge in [0.05, 0.1) is 11.1 Å². The molecule has 0 fully saturated rings. The Bertz CT molecular complexity index is 734. The predicted octanol–water partition coefficient (Wildman–Crippen LogP) is 3.31. The lowest BCUT2D eigenvalue weighted by atomic mass is 9.95. The van der Waals surface area contributed by atoms with Crippen molar-refractivity contribution < 1.29 is 24.5 Å². The van der Waals surface area contributed by atoms with E-state index in [2.05, 4.69) is 6.58 Å². The Hall–Kier alpha value is -3.08. The first-order valence-corrected chi connectivity index (χ1v) is 6.48. The second kappa shape index (κ2) is 6.58. The molecule has 2 aromatic carbocycles. The van der Waals surface area contributed by atoms with Crippen molar-refractivity contribution in [2.75, 3.05) is 6.61 Å². The van der Waals surface area contributed by atoms with Gasteiger partial charge in [-0.3, -0.25) is 0 Å². The van der Waals surface area contributed by atoms with Gasteiger partial charge in [0.25, 0.3) is 0 Å². The third-order valence-electron chi connectivity index (χ3n) is 3.04. The van der Waals surface area contributed by atoms with Crippen LogP contribution in [0.3, 0.4) is 0 Å². The predicted molar refractivity (Wildman–Crippen MR) is 81.5 cm³/mol. The average Bonchev–Trinajstić information content (AvgIpc) is 2.52. The van der Waals surface area contributed by atoms with Gasteiger partial charge in [-0.1, -0.05) is 30.9 Å². The highest BCUT2D eigenvalue weighted by Crippen LogP contribution is 2.30. The zero-order chi connectivity index (χ0) is 16.1. The number of ether oxygens (including phenoxy) is 1. The largest absolute Gasteiger partial charge is 0.490 e. The number of aromatic carboxylic acids is 2. The first-order valence-electron chi connectivity index (χ1n) is 6.48. The van der Waals surface area contributed by atoms with E-state index in [1.54, 1.807) is 36.4 Å². The molecular weight excluding hydrogens is 284 g/mol. The van der Waals surface area contributed by atoms with E-state index in [-0.39, 0.29) is 17.7 Å². The number of benzene rings is 2. The number of carbonyl (C=O) groups is 2. The van der Waals surface area contributed by atoms with Crippen LogP contribution in [0.4, 0.5) is 0 Å². The van der Waals surface area contributed by atoms with Crippen molar-refractivity contribution in [3.63, 3.8) is 0 Å². The zero-order valence-electron chi connectivity index (χ0n) is 11.7. The molecule has 0 heterocycles. The highest BCUT2D eigenvalue weighted by Gasteiger charge is 2.18. The molecule has 0 amide bonds. The number of rotatable bonds is 6. The fourth-order valence-electron chi connectivity index (χ4n) is 2.08. The molecule has 0 aliphatic rings. The Morgan fingerprint density at radius 2 is 1.64 bits per heavy atom. The number of carboxylic acids is 2. The summed E-state index contributed by atoms with van der Waals surface area (Å²) in [4.78, 5) is 22.8. The standard InChI is InChI=1S/C17H14O5/c1-2-9-22-11-7-8-13(15(10-11)17(20)21)12-5-3-4-6-14(12)16(18)19/h2-8,10H,1,9H2,(H,18,19)(H,20,21). The van der Waals surface area contributed by atoms with Crippen molar-refractivity contribution in [2.45, 2.75) is 0 Å². The van der Waals surface area contributed by atoms with Crippen molar-refractivity contribution >= 4 is 11.9 Å². The maximum absolute atomic E-state index is 11.5. The van der Waals surface area contributed by atoms with Crippen LogP contribution >= 0.6 is 0 Å². The molecular formula is C17H14O5. The van der Waals surface area contributed by atoms with Crippen molar-refractivity contribution in [1.29, 1.82) is 0 Å². The van der Waals surface area contributed by atoms with Crippen molar-refractivity contribution in [1.82, 2.24) is 0 Å². The van der Waals surface area contributed by atoms with Gasteiger partial charge in [-0.2, -0.15) is 0 Å². The molecule has 0 aliphatic carbocycles. The highest BCUT2D eigenvalue weighted by atomic mass is 16.5. The van der Waals surface area contributed by atoms with Crippen molar-refractivity contribution in [3.8, 4) is 16.9 Å². The normalized spacial score (nSPS) is 10.0. The molecule has 0 aliphatic heterocycles. The van der Waals surface area contributed by atoms with E-state index < -0.39 is 11.9 Å². The van der Waals surface area contributed by atoms with Crippen LogP contribution < -0.4 is 4.74 Å². The van der Waals surface area contributed by atoms with E-state index in [4.69, 9.17) is 4.74 Å². The Morgan fingerprint density at radius 3 is 2.27 bits per heavy atom. The van der Waals surface area contributed by atoms with Gasteiger partial charge < -0.3 is 14.9 Å². The Morgan fingerprint density at radius 1 is 1.00 bits per heavy atom. The number of hydrogen-bond acceptors (Lipinski definition) is 3. The van der Waals surface area contributed by atoms with E-state index in [0.717, 1.165) is 0 Å². The summed E-state index contributed by atoms with van der Waals surface area (Å²) in [6, 6.07) is 10.8. The van der Waals surface area contributed by atoms with E-state index in [1.807, 2.05) is 0 Å². The fourth-order valence-corrected chi connectivity index (χ4v) is 2.08. The summed E-state index contributed by atoms with van der Waals surface area (Å²) in [6.07, 6.45) is 1.55. The molecule has 0 unspecified atom stereocenters. The minimum Gasteiger partial charge on any atom is -0.490 e. The Balaban J connectivity index is 2.58. The molecule has 0 aromatic heterocycles. The van der Waals surface area contributed by atoms with E-state index in [0.29, 0.717) is 16.9 Å². The zero-order valence-corrected chi connectivity index (χ0v) is 11.7. The molecule has 2 aromatic rings. The molecule has 0 radical (unpaired) electrons. The molecule has 0 spiro atoms. The second-order valence-corrected chi connectivity index (χ2v) is 4.46. The van der Waals surface area contributed by atoms with Crippen LogP contribution in [-0.4, -0.2) is 28.8 Å². The summed E-state index contributed by atoms with van der Waals surface area (Å²) in [7, 11) is 0. The summed E-state index contributed by atoms with van der Waals surface area (Å²) in [5, 5.41) is 18.6. The SMILES string of the molecule is C=CCOc1ccc(-c2ccccc2C(=O)O)c(C(=O)O)c1. The summed E-state index contributed by atoms with van der Waals surface area (Å²) in [5.74, 6) is -1.88. The van der Waals surface area contributed by atoms with Crippen LogP contribution in [0.15, 0.2) is 55.1 Å². The lowest BCUT2D eigenvalue weighted by Crippen LogP contribution is -2.05. The van der Waals surface area contributed by atoms with Gasteiger partial charge in [-0.25, -0.2) is 9.59 Å². The van der Waals surface area contributed by atoms with E-state index >= 15 is 0 Å². The van der Waals surface area contributed by atoms with Gasteiger partial charge in [0.2, 0.25) is 0 Å². The molecule has 0 atom stereocenters. The van der Waals surface area contributed by atoms with Crippen LogP contribution in [0.2, 0.25) is 0 Å². The average molecular weight is 298 g/mol. The minimum absolute atomic E-state index is 0.0183. The number of carboxylic acid groups (broad SMARTS) is 2. The molecule has 2 N–H and O–H groups in total. The van der Waals surface area contributed by atoms with E-state index in [9.17, 15) is 19.8 Å². The molecule has 0 saturated heterocycles. The van der Waals surface area contributed by atoms with Crippen LogP contribution in [0, 0.1) is 0 Å². The van der Waals surface area contributed by atoms with Gasteiger partial charge in [0.15, 0.2) is 0 Å². The van der Waals surface area contributed by atoms with Crippen molar-refractivity contribution in [3.05, 3.63) is 66.2 Å². The molecule has 2 rings (SSSR count). The van der Waals surface area contributed by atoms with Crippen LogP contribution in [0.25, 0.3) is 11.1 Å². The van der Waals surface area contributed by atoms with Gasteiger partial charge in [0.1, 0.15) is 12.4 Å². The summed E-state index contributed by atoms with van der Waals surface area (Å²) < 4.78 is 5.32. The molecule has 5 nitrogen and oxygen atoms in total. The smallest absolute Gasteiger partial charge is 0.336 e. The van der Waals surface area contributed by atoms with Gasteiger partial charge >= 0.3 is 11.9 Å². The summed E-state index contributed by atoms with van der Waals surface area (Å²) in [6.45, 7) is 3.78. The molecule has 0 bridgehead atoms. The topological polar surface area (TPSA) is 83.8 Å². The molecule has 22 heavy (non-hydrogen) atoms. The lowest BCUT2D eigenvalue weighted by molar-refractivity contribution is 0.0684. The molecule has 0 saturated carbocycles. The monoisotopic (exact) mass is 298 g/mol. The van der Waals surface area contributed by atoms with Gasteiger partial charge in [-0.15, -0.1) is 0 Å². The highest BCUT2D eigenvalue weighted by molar-refractivity contribution is 6.02. The minimum atomic E-state index is -1.15. The Labute approximate surface area is 127 Å². The maximum Gasteiger partial charge on any atom is 0.336 e. The lowest BCUT2D eigenvalue weighted by Gasteiger charge is -2.11. The van der Waals surface area contributed by atoms with Crippen LogP contribution in [0.1, 0.15) is 20.7 Å². The molecule has 112 valence electrons. The summed E-state index contributed by atoms with van der Waals surface area (Å²) >= 11 is 0. The quantitative estimate of drug-likeness (QED) is 0.799.